The highest BCUT2D eigenvalue weighted by Gasteiger charge is 2.37. The number of amides is 1. The van der Waals surface area contributed by atoms with Gasteiger partial charge in [0, 0.05) is 22.6 Å². The Morgan fingerprint density at radius 1 is 1.32 bits per heavy atom. The Kier molecular flexibility index (Phi) is 3.88. The van der Waals surface area contributed by atoms with Crippen LogP contribution in [0.5, 0.6) is 0 Å². The van der Waals surface area contributed by atoms with Gasteiger partial charge < -0.3 is 11.1 Å². The van der Waals surface area contributed by atoms with Crippen LogP contribution in [0.4, 0.5) is 5.82 Å². The minimum absolute atomic E-state index is 0.134. The average molecular weight is 354 g/mol. The van der Waals surface area contributed by atoms with Crippen molar-refractivity contribution in [2.24, 2.45) is 5.73 Å². The molecule has 2 aliphatic rings. The molecule has 4 rings (SSSR count). The first-order chi connectivity index (χ1) is 12.1. The molecule has 1 amide bonds. The Bertz CT molecular complexity index is 898. The Hall–Kier alpha value is -2.54. The van der Waals surface area contributed by atoms with E-state index in [1.807, 2.05) is 30.5 Å². The smallest absolute Gasteiger partial charge is 0.254 e. The number of carbonyl (C=O) groups is 2. The van der Waals surface area contributed by atoms with Gasteiger partial charge in [0.05, 0.1) is 6.20 Å². The van der Waals surface area contributed by atoms with E-state index in [0.717, 1.165) is 34.6 Å². The Morgan fingerprint density at radius 3 is 2.76 bits per heavy atom. The molecular formula is C18H18N4O2S. The highest BCUT2D eigenvalue weighted by atomic mass is 32.2. The maximum atomic E-state index is 12.7. The van der Waals surface area contributed by atoms with Crippen LogP contribution in [0, 0.1) is 0 Å². The minimum Gasteiger partial charge on any atom is -0.365 e. The minimum atomic E-state index is -0.531. The average Bonchev–Trinajstić information content (AvgIpc) is 3.04. The number of allylic oxidation sites excluding steroid dienone is 2. The van der Waals surface area contributed by atoms with Crippen molar-refractivity contribution >= 4 is 29.3 Å². The fourth-order valence-electron chi connectivity index (χ4n) is 3.53. The Labute approximate surface area is 149 Å². The second-order valence-corrected chi connectivity index (χ2v) is 7.06. The number of nitrogens with zero attached hydrogens (tertiary/aromatic N) is 2. The zero-order valence-corrected chi connectivity index (χ0v) is 14.6. The van der Waals surface area contributed by atoms with Crippen LogP contribution in [-0.2, 0) is 4.79 Å². The molecule has 0 radical (unpaired) electrons. The first-order valence-corrected chi connectivity index (χ1v) is 9.37. The standard InChI is InChI=1S/C18H18N4O2S/c1-25-11-7-5-10(6-8-11)16-15-13(3-2-4-14(15)23)21-18-12(17(19)24)9-20-22(16)18/h5-9,16,21H,2-4H2,1H3,(H2,19,24). The molecule has 1 unspecified atom stereocenters. The molecule has 1 atom stereocenters. The van der Waals surface area contributed by atoms with Crippen molar-refractivity contribution in [3.8, 4) is 0 Å². The number of carbonyl (C=O) groups excluding carboxylic acids is 2. The lowest BCUT2D eigenvalue weighted by Crippen LogP contribution is -2.32. The fourth-order valence-corrected chi connectivity index (χ4v) is 3.94. The van der Waals surface area contributed by atoms with Gasteiger partial charge in [-0.3, -0.25) is 9.59 Å². The molecule has 25 heavy (non-hydrogen) atoms. The molecule has 0 saturated heterocycles. The number of thioether (sulfide) groups is 1. The van der Waals surface area contributed by atoms with E-state index in [1.54, 1.807) is 16.4 Å². The van der Waals surface area contributed by atoms with E-state index in [4.69, 9.17) is 5.73 Å². The van der Waals surface area contributed by atoms with E-state index in [1.165, 1.54) is 6.20 Å². The number of fused-ring (bicyclic) bond motifs is 1. The third-order valence-electron chi connectivity index (χ3n) is 4.74. The summed E-state index contributed by atoms with van der Waals surface area (Å²) in [5.74, 6) is 0.172. The van der Waals surface area contributed by atoms with E-state index < -0.39 is 5.91 Å². The zero-order valence-electron chi connectivity index (χ0n) is 13.8. The van der Waals surface area contributed by atoms with Gasteiger partial charge in [-0.2, -0.15) is 5.10 Å². The summed E-state index contributed by atoms with van der Waals surface area (Å²) in [5.41, 5.74) is 8.42. The quantitative estimate of drug-likeness (QED) is 0.827. The molecule has 7 heteroatoms. The number of hydrogen-bond acceptors (Lipinski definition) is 5. The molecule has 0 bridgehead atoms. The molecule has 3 N–H and O–H groups in total. The zero-order chi connectivity index (χ0) is 17.6. The summed E-state index contributed by atoms with van der Waals surface area (Å²) < 4.78 is 1.70. The lowest BCUT2D eigenvalue weighted by atomic mass is 9.85. The second kappa shape index (κ2) is 6.07. The summed E-state index contributed by atoms with van der Waals surface area (Å²) in [6.45, 7) is 0. The summed E-state index contributed by atoms with van der Waals surface area (Å²) in [7, 11) is 0. The van der Waals surface area contributed by atoms with Gasteiger partial charge in [-0.25, -0.2) is 4.68 Å². The van der Waals surface area contributed by atoms with Gasteiger partial charge >= 0.3 is 0 Å². The van der Waals surface area contributed by atoms with Crippen molar-refractivity contribution < 1.29 is 9.59 Å². The van der Waals surface area contributed by atoms with Gasteiger partial charge in [-0.15, -0.1) is 11.8 Å². The van der Waals surface area contributed by atoms with Gasteiger partial charge in [0.25, 0.3) is 5.91 Å². The molecule has 0 saturated carbocycles. The summed E-state index contributed by atoms with van der Waals surface area (Å²) in [4.78, 5) is 25.5. The highest BCUT2D eigenvalue weighted by Crippen LogP contribution is 2.41. The van der Waals surface area contributed by atoms with Crippen LogP contribution in [0.3, 0.4) is 0 Å². The normalized spacial score (nSPS) is 19.2. The van der Waals surface area contributed by atoms with Crippen molar-refractivity contribution in [1.82, 2.24) is 9.78 Å². The van der Waals surface area contributed by atoms with Crippen LogP contribution in [0.25, 0.3) is 0 Å². The largest absolute Gasteiger partial charge is 0.365 e. The number of benzene rings is 1. The number of hydrogen-bond donors (Lipinski definition) is 2. The third-order valence-corrected chi connectivity index (χ3v) is 5.48. The van der Waals surface area contributed by atoms with Crippen LogP contribution < -0.4 is 11.1 Å². The lowest BCUT2D eigenvalue weighted by Gasteiger charge is -2.33. The van der Waals surface area contributed by atoms with E-state index in [2.05, 4.69) is 10.4 Å². The number of primary amides is 1. The van der Waals surface area contributed by atoms with Crippen molar-refractivity contribution in [3.63, 3.8) is 0 Å². The lowest BCUT2D eigenvalue weighted by molar-refractivity contribution is -0.116. The van der Waals surface area contributed by atoms with Crippen molar-refractivity contribution in [2.45, 2.75) is 30.2 Å². The number of nitrogens with two attached hydrogens (primary N) is 1. The van der Waals surface area contributed by atoms with E-state index in [0.29, 0.717) is 17.8 Å². The van der Waals surface area contributed by atoms with Gasteiger partial charge in [0.1, 0.15) is 17.4 Å². The maximum Gasteiger partial charge on any atom is 0.254 e. The summed E-state index contributed by atoms with van der Waals surface area (Å²) in [6.07, 6.45) is 5.62. The molecule has 0 spiro atoms. The highest BCUT2D eigenvalue weighted by molar-refractivity contribution is 7.98. The molecule has 1 aromatic carbocycles. The molecule has 1 aliphatic carbocycles. The molecular weight excluding hydrogens is 336 g/mol. The summed E-state index contributed by atoms with van der Waals surface area (Å²) in [5, 5.41) is 7.60. The van der Waals surface area contributed by atoms with E-state index in [9.17, 15) is 9.59 Å². The maximum absolute atomic E-state index is 12.7. The summed E-state index contributed by atoms with van der Waals surface area (Å²) >= 11 is 1.67. The molecule has 1 aromatic heterocycles. The molecule has 2 aromatic rings. The van der Waals surface area contributed by atoms with Crippen LogP contribution in [-0.4, -0.2) is 27.7 Å². The number of ketones is 1. The van der Waals surface area contributed by atoms with E-state index in [-0.39, 0.29) is 11.8 Å². The number of rotatable bonds is 3. The van der Waals surface area contributed by atoms with Crippen molar-refractivity contribution in [2.75, 3.05) is 11.6 Å². The van der Waals surface area contributed by atoms with Crippen LogP contribution in [0.2, 0.25) is 0 Å². The fraction of sp³-hybridized carbons (Fsp3) is 0.278. The summed E-state index contributed by atoms with van der Waals surface area (Å²) in [6, 6.07) is 7.78. The monoisotopic (exact) mass is 354 g/mol. The topological polar surface area (TPSA) is 90.0 Å². The van der Waals surface area contributed by atoms with Crippen LogP contribution in [0.15, 0.2) is 46.6 Å². The predicted molar refractivity (Wildman–Crippen MR) is 96.6 cm³/mol. The second-order valence-electron chi connectivity index (χ2n) is 6.19. The van der Waals surface area contributed by atoms with Crippen molar-refractivity contribution in [1.29, 1.82) is 0 Å². The first kappa shape index (κ1) is 16.0. The third kappa shape index (κ3) is 2.55. The predicted octanol–water partition coefficient (Wildman–Crippen LogP) is 2.73. The number of anilines is 1. The number of Topliss-reactive ketones (excluding diaryl/α,β-unsaturated/α-hetero) is 1. The van der Waals surface area contributed by atoms with Gasteiger partial charge in [0.2, 0.25) is 0 Å². The molecule has 0 fully saturated rings. The van der Waals surface area contributed by atoms with Crippen LogP contribution >= 0.6 is 11.8 Å². The van der Waals surface area contributed by atoms with E-state index >= 15 is 0 Å². The van der Waals surface area contributed by atoms with Gasteiger partial charge in [0.15, 0.2) is 5.78 Å². The molecule has 1 aliphatic heterocycles. The number of nitrogens with one attached hydrogen (secondary N) is 1. The van der Waals surface area contributed by atoms with Gasteiger partial charge in [-0.1, -0.05) is 12.1 Å². The van der Waals surface area contributed by atoms with Crippen molar-refractivity contribution in [3.05, 3.63) is 52.9 Å². The Balaban J connectivity index is 1.90. The van der Waals surface area contributed by atoms with Gasteiger partial charge in [-0.05, 0) is 36.8 Å². The Morgan fingerprint density at radius 2 is 2.08 bits per heavy atom. The molecule has 2 heterocycles. The first-order valence-electron chi connectivity index (χ1n) is 8.14. The molecule has 128 valence electrons. The number of aromatic nitrogens is 2. The van der Waals surface area contributed by atoms with Crippen LogP contribution in [0.1, 0.15) is 41.2 Å². The SMILES string of the molecule is CSc1ccc(C2C3=C(CCCC3=O)Nc3c(C(N)=O)cnn32)cc1. The molecule has 6 nitrogen and oxygen atoms in total.